The topological polar surface area (TPSA) is 43.4 Å². The van der Waals surface area contributed by atoms with Crippen LogP contribution >= 0.6 is 0 Å². The number of ether oxygens (including phenoxy) is 1. The maximum absolute atomic E-state index is 11.6. The van der Waals surface area contributed by atoms with E-state index in [0.29, 0.717) is 0 Å². The highest BCUT2D eigenvalue weighted by atomic mass is 16.5. The summed E-state index contributed by atoms with van der Waals surface area (Å²) in [5.74, 6) is 0.355. The minimum Gasteiger partial charge on any atom is -0.463 e. The molecule has 0 amide bonds. The molecule has 1 saturated carbocycles. The van der Waals surface area contributed by atoms with Crippen molar-refractivity contribution in [2.24, 2.45) is 11.8 Å². The highest BCUT2D eigenvalue weighted by molar-refractivity contribution is 5.79. The molecule has 0 aromatic heterocycles. The van der Waals surface area contributed by atoms with Crippen molar-refractivity contribution >= 4 is 11.8 Å². The number of carbonyl (C=O) groups is 2. The van der Waals surface area contributed by atoms with Crippen LogP contribution in [0.3, 0.4) is 0 Å². The van der Waals surface area contributed by atoms with Crippen LogP contribution in [0.25, 0.3) is 0 Å². The molecule has 0 spiro atoms. The summed E-state index contributed by atoms with van der Waals surface area (Å²) >= 11 is 0. The van der Waals surface area contributed by atoms with Crippen LogP contribution in [-0.2, 0) is 14.3 Å². The molecule has 15 heavy (non-hydrogen) atoms. The van der Waals surface area contributed by atoms with E-state index in [1.165, 1.54) is 0 Å². The first-order valence-corrected chi connectivity index (χ1v) is 5.71. The van der Waals surface area contributed by atoms with E-state index in [2.05, 4.69) is 0 Å². The van der Waals surface area contributed by atoms with Gasteiger partial charge in [-0.15, -0.1) is 0 Å². The van der Waals surface area contributed by atoms with Crippen molar-refractivity contribution in [2.75, 3.05) is 0 Å². The Morgan fingerprint density at radius 3 is 1.93 bits per heavy atom. The number of esters is 1. The maximum Gasteiger partial charge on any atom is 0.309 e. The molecular formula is C12H20O3. The average Bonchev–Trinajstić information content (AvgIpc) is 2.17. The van der Waals surface area contributed by atoms with Crippen LogP contribution in [-0.4, -0.2) is 17.9 Å². The van der Waals surface area contributed by atoms with Gasteiger partial charge in [0, 0.05) is 5.92 Å². The largest absolute Gasteiger partial charge is 0.463 e. The first-order valence-electron chi connectivity index (χ1n) is 5.71. The summed E-state index contributed by atoms with van der Waals surface area (Å²) in [6.45, 7) is 5.36. The first kappa shape index (κ1) is 12.2. The highest BCUT2D eigenvalue weighted by Crippen LogP contribution is 2.30. The van der Waals surface area contributed by atoms with Crippen molar-refractivity contribution in [1.82, 2.24) is 0 Å². The molecule has 0 aromatic carbocycles. The molecule has 0 radical (unpaired) electrons. The third kappa shape index (κ3) is 3.65. The molecule has 0 atom stereocenters. The van der Waals surface area contributed by atoms with Crippen molar-refractivity contribution < 1.29 is 14.3 Å². The van der Waals surface area contributed by atoms with Crippen molar-refractivity contribution in [1.29, 1.82) is 0 Å². The van der Waals surface area contributed by atoms with E-state index in [4.69, 9.17) is 4.74 Å². The number of Topliss-reactive ketones (excluding diaryl/α,β-unsaturated/α-hetero) is 1. The van der Waals surface area contributed by atoms with Gasteiger partial charge in [0.25, 0.3) is 0 Å². The third-order valence-electron chi connectivity index (χ3n) is 2.99. The van der Waals surface area contributed by atoms with Gasteiger partial charge in [0.1, 0.15) is 5.78 Å². The van der Waals surface area contributed by atoms with E-state index in [0.717, 1.165) is 25.7 Å². The quantitative estimate of drug-likeness (QED) is 0.674. The summed E-state index contributed by atoms with van der Waals surface area (Å²) in [6, 6.07) is 0. The summed E-state index contributed by atoms with van der Waals surface area (Å²) in [4.78, 5) is 22.7. The fraction of sp³-hybridized carbons (Fsp3) is 0.833. The zero-order chi connectivity index (χ0) is 11.4. The Hall–Kier alpha value is -0.860. The molecule has 1 aliphatic rings. The van der Waals surface area contributed by atoms with Crippen LogP contribution in [0.15, 0.2) is 0 Å². The number of ketones is 1. The smallest absolute Gasteiger partial charge is 0.309 e. The molecule has 0 aromatic rings. The summed E-state index contributed by atoms with van der Waals surface area (Å²) in [6.07, 6.45) is 3.24. The molecule has 0 saturated heterocycles. The normalized spacial score (nSPS) is 26.4. The van der Waals surface area contributed by atoms with E-state index < -0.39 is 0 Å². The van der Waals surface area contributed by atoms with E-state index in [9.17, 15) is 9.59 Å². The Kier molecular flexibility index (Phi) is 4.30. The molecule has 0 aliphatic heterocycles. The van der Waals surface area contributed by atoms with Gasteiger partial charge in [-0.25, -0.2) is 0 Å². The van der Waals surface area contributed by atoms with Crippen LogP contribution in [0.5, 0.6) is 0 Å². The van der Waals surface area contributed by atoms with E-state index in [1.807, 2.05) is 13.8 Å². The molecule has 1 aliphatic carbocycles. The minimum absolute atomic E-state index is 0.0167. The van der Waals surface area contributed by atoms with Gasteiger partial charge in [-0.3, -0.25) is 9.59 Å². The van der Waals surface area contributed by atoms with Crippen LogP contribution in [0.4, 0.5) is 0 Å². The predicted molar refractivity (Wildman–Crippen MR) is 57.4 cm³/mol. The molecule has 3 heteroatoms. The van der Waals surface area contributed by atoms with E-state index in [-0.39, 0.29) is 29.7 Å². The molecule has 0 heterocycles. The molecule has 0 unspecified atom stereocenters. The minimum atomic E-state index is -0.0907. The van der Waals surface area contributed by atoms with Crippen LogP contribution in [0, 0.1) is 11.8 Å². The lowest BCUT2D eigenvalue weighted by Crippen LogP contribution is -2.27. The van der Waals surface area contributed by atoms with Gasteiger partial charge in [0.15, 0.2) is 0 Å². The second-order valence-corrected chi connectivity index (χ2v) is 4.64. The van der Waals surface area contributed by atoms with Crippen molar-refractivity contribution in [3.63, 3.8) is 0 Å². The molecule has 1 fully saturated rings. The average molecular weight is 212 g/mol. The van der Waals surface area contributed by atoms with E-state index >= 15 is 0 Å². The zero-order valence-corrected chi connectivity index (χ0v) is 9.79. The van der Waals surface area contributed by atoms with Crippen molar-refractivity contribution in [2.45, 2.75) is 52.6 Å². The lowest BCUT2D eigenvalue weighted by atomic mass is 9.80. The Balaban J connectivity index is 2.37. The highest BCUT2D eigenvalue weighted by Gasteiger charge is 2.29. The van der Waals surface area contributed by atoms with Crippen molar-refractivity contribution in [3.8, 4) is 0 Å². The Labute approximate surface area is 91.2 Å². The molecule has 86 valence electrons. The summed E-state index contributed by atoms with van der Waals surface area (Å²) in [5, 5.41) is 0. The standard InChI is InChI=1S/C12H20O3/c1-8(2)15-12(14)11-6-4-10(5-7-11)9(3)13/h8,10-11H,4-7H2,1-3H3. The monoisotopic (exact) mass is 212 g/mol. The molecule has 0 N–H and O–H groups in total. The molecule has 0 bridgehead atoms. The number of hydrogen-bond donors (Lipinski definition) is 0. The second-order valence-electron chi connectivity index (χ2n) is 4.64. The maximum atomic E-state index is 11.6. The van der Waals surface area contributed by atoms with Gasteiger partial charge in [-0.1, -0.05) is 0 Å². The van der Waals surface area contributed by atoms with Crippen LogP contribution in [0.2, 0.25) is 0 Å². The van der Waals surface area contributed by atoms with Gasteiger partial charge in [-0.05, 0) is 46.5 Å². The molecule has 3 nitrogen and oxygen atoms in total. The van der Waals surface area contributed by atoms with Gasteiger partial charge in [-0.2, -0.15) is 0 Å². The van der Waals surface area contributed by atoms with Gasteiger partial charge in [0.2, 0.25) is 0 Å². The Bertz CT molecular complexity index is 237. The van der Waals surface area contributed by atoms with Gasteiger partial charge in [0.05, 0.1) is 12.0 Å². The summed E-state index contributed by atoms with van der Waals surface area (Å²) in [7, 11) is 0. The summed E-state index contributed by atoms with van der Waals surface area (Å²) < 4.78 is 5.16. The van der Waals surface area contributed by atoms with Crippen LogP contribution in [0.1, 0.15) is 46.5 Å². The van der Waals surface area contributed by atoms with Crippen LogP contribution < -0.4 is 0 Å². The Morgan fingerprint density at radius 2 is 1.53 bits per heavy atom. The van der Waals surface area contributed by atoms with E-state index in [1.54, 1.807) is 6.92 Å². The van der Waals surface area contributed by atoms with Gasteiger partial charge < -0.3 is 4.74 Å². The van der Waals surface area contributed by atoms with Crippen molar-refractivity contribution in [3.05, 3.63) is 0 Å². The molecular weight excluding hydrogens is 192 g/mol. The number of carbonyl (C=O) groups excluding carboxylic acids is 2. The summed E-state index contributed by atoms with van der Waals surface area (Å²) in [5.41, 5.74) is 0. The SMILES string of the molecule is CC(=O)C1CCC(C(=O)OC(C)C)CC1. The Morgan fingerprint density at radius 1 is 1.07 bits per heavy atom. The third-order valence-corrected chi connectivity index (χ3v) is 2.99. The fourth-order valence-electron chi connectivity index (χ4n) is 2.06. The lowest BCUT2D eigenvalue weighted by Gasteiger charge is -2.26. The number of hydrogen-bond acceptors (Lipinski definition) is 3. The van der Waals surface area contributed by atoms with Gasteiger partial charge >= 0.3 is 5.97 Å². The predicted octanol–water partition coefficient (Wildman–Crippen LogP) is 2.33. The lowest BCUT2D eigenvalue weighted by molar-refractivity contribution is -0.154. The second kappa shape index (κ2) is 5.29. The molecule has 1 rings (SSSR count). The number of rotatable bonds is 3. The zero-order valence-electron chi connectivity index (χ0n) is 9.79. The fourth-order valence-corrected chi connectivity index (χ4v) is 2.06. The first-order chi connectivity index (χ1) is 7.00.